The first kappa shape index (κ1) is 13.7. The average Bonchev–Trinajstić information content (AvgIpc) is 3.19. The normalized spacial score (nSPS) is 19.2. The molecule has 0 spiro atoms. The van der Waals surface area contributed by atoms with Crippen LogP contribution in [0.3, 0.4) is 0 Å². The van der Waals surface area contributed by atoms with Gasteiger partial charge in [0.05, 0.1) is 18.1 Å². The van der Waals surface area contributed by atoms with Crippen LogP contribution in [0, 0.1) is 6.92 Å². The molecule has 0 saturated carbocycles. The highest BCUT2D eigenvalue weighted by Gasteiger charge is 2.29. The second-order valence-electron chi connectivity index (χ2n) is 5.64. The largest absolute Gasteiger partial charge is 0.361 e. The van der Waals surface area contributed by atoms with E-state index in [0.717, 1.165) is 36.4 Å². The molecule has 1 aliphatic heterocycles. The second kappa shape index (κ2) is 5.33. The molecule has 4 heterocycles. The van der Waals surface area contributed by atoms with Gasteiger partial charge in [0.25, 0.3) is 5.56 Å². The molecule has 7 heteroatoms. The Balaban J connectivity index is 1.62. The smallest absolute Gasteiger partial charge is 0.268 e. The summed E-state index contributed by atoms with van der Waals surface area (Å²) in [6.45, 7) is 3.50. The fourth-order valence-corrected chi connectivity index (χ4v) is 3.81. The lowest BCUT2D eigenvalue weighted by atomic mass is 10.1. The summed E-state index contributed by atoms with van der Waals surface area (Å²) in [6.07, 6.45) is 2.17. The Hall–Kier alpha value is -1.99. The van der Waals surface area contributed by atoms with Crippen LogP contribution in [-0.4, -0.2) is 26.6 Å². The van der Waals surface area contributed by atoms with Crippen LogP contribution in [-0.2, 0) is 6.54 Å². The van der Waals surface area contributed by atoms with Gasteiger partial charge in [0.15, 0.2) is 0 Å². The molecule has 0 radical (unpaired) electrons. The van der Waals surface area contributed by atoms with Gasteiger partial charge in [-0.1, -0.05) is 5.16 Å². The van der Waals surface area contributed by atoms with Gasteiger partial charge in [0, 0.05) is 6.07 Å². The van der Waals surface area contributed by atoms with Crippen LogP contribution in [0.1, 0.15) is 36.2 Å². The number of H-pyrrole nitrogens is 1. The number of aromatic amines is 1. The zero-order valence-electron chi connectivity index (χ0n) is 12.2. The molecule has 1 saturated heterocycles. The molecule has 1 atom stereocenters. The number of nitrogens with zero attached hydrogens (tertiary/aromatic N) is 3. The number of thiophene rings is 1. The Morgan fingerprint density at radius 2 is 2.45 bits per heavy atom. The molecular weight excluding hydrogens is 300 g/mol. The minimum absolute atomic E-state index is 0.0528. The number of aromatic nitrogens is 3. The van der Waals surface area contributed by atoms with Gasteiger partial charge < -0.3 is 9.51 Å². The molecule has 114 valence electrons. The van der Waals surface area contributed by atoms with Crippen LogP contribution < -0.4 is 5.56 Å². The molecule has 0 bridgehead atoms. The van der Waals surface area contributed by atoms with Crippen LogP contribution in [0.4, 0.5) is 0 Å². The summed E-state index contributed by atoms with van der Waals surface area (Å²) in [5.74, 6) is 1.54. The van der Waals surface area contributed by atoms with Crippen molar-refractivity contribution in [2.45, 2.75) is 32.4 Å². The molecule has 1 fully saturated rings. The van der Waals surface area contributed by atoms with E-state index < -0.39 is 0 Å². The molecule has 3 aromatic heterocycles. The van der Waals surface area contributed by atoms with Crippen molar-refractivity contribution < 1.29 is 4.52 Å². The van der Waals surface area contributed by atoms with Crippen LogP contribution in [0.25, 0.3) is 10.2 Å². The van der Waals surface area contributed by atoms with E-state index in [0.29, 0.717) is 17.1 Å². The van der Waals surface area contributed by atoms with E-state index in [4.69, 9.17) is 4.52 Å². The second-order valence-corrected chi connectivity index (χ2v) is 6.55. The molecule has 0 aliphatic carbocycles. The summed E-state index contributed by atoms with van der Waals surface area (Å²) >= 11 is 1.42. The van der Waals surface area contributed by atoms with Gasteiger partial charge in [-0.3, -0.25) is 9.69 Å². The van der Waals surface area contributed by atoms with Crippen molar-refractivity contribution in [1.82, 2.24) is 20.0 Å². The molecule has 22 heavy (non-hydrogen) atoms. The summed E-state index contributed by atoms with van der Waals surface area (Å²) in [7, 11) is 0. The number of likely N-dealkylation sites (tertiary alicyclic amines) is 1. The highest BCUT2D eigenvalue weighted by molar-refractivity contribution is 7.17. The summed E-state index contributed by atoms with van der Waals surface area (Å²) in [5.41, 5.74) is 1.69. The average molecular weight is 316 g/mol. The van der Waals surface area contributed by atoms with Gasteiger partial charge in [-0.15, -0.1) is 11.3 Å². The third-order valence-corrected chi connectivity index (χ3v) is 4.97. The van der Waals surface area contributed by atoms with Crippen molar-refractivity contribution in [3.63, 3.8) is 0 Å². The lowest BCUT2D eigenvalue weighted by Gasteiger charge is -2.21. The maximum absolute atomic E-state index is 12.1. The Labute approximate surface area is 130 Å². The molecule has 1 N–H and O–H groups in total. The fourth-order valence-electron chi connectivity index (χ4n) is 3.08. The van der Waals surface area contributed by atoms with E-state index in [1.807, 2.05) is 24.4 Å². The van der Waals surface area contributed by atoms with Gasteiger partial charge in [-0.05, 0) is 37.8 Å². The zero-order chi connectivity index (χ0) is 15.1. The minimum Gasteiger partial charge on any atom is -0.361 e. The predicted molar refractivity (Wildman–Crippen MR) is 83.9 cm³/mol. The maximum Gasteiger partial charge on any atom is 0.268 e. The maximum atomic E-state index is 12.1. The number of fused-ring (bicyclic) bond motifs is 1. The highest BCUT2D eigenvalue weighted by atomic mass is 32.1. The monoisotopic (exact) mass is 316 g/mol. The Bertz CT molecular complexity index is 866. The van der Waals surface area contributed by atoms with Crippen molar-refractivity contribution >= 4 is 21.6 Å². The lowest BCUT2D eigenvalue weighted by Crippen LogP contribution is -2.25. The first-order valence-electron chi connectivity index (χ1n) is 7.34. The SMILES string of the molecule is Cc1cc(C2CCCN2Cc2nc3ccsc3c(=O)[nH]2)no1. The summed E-state index contributed by atoms with van der Waals surface area (Å²) in [4.78, 5) is 21.8. The van der Waals surface area contributed by atoms with Gasteiger partial charge in [0.2, 0.25) is 0 Å². The van der Waals surface area contributed by atoms with Crippen molar-refractivity contribution in [3.8, 4) is 0 Å². The van der Waals surface area contributed by atoms with Crippen molar-refractivity contribution in [2.24, 2.45) is 0 Å². The summed E-state index contributed by atoms with van der Waals surface area (Å²) in [6, 6.07) is 4.11. The molecule has 0 aromatic carbocycles. The quantitative estimate of drug-likeness (QED) is 0.804. The molecule has 4 rings (SSSR count). The molecule has 1 aliphatic rings. The minimum atomic E-state index is -0.0528. The lowest BCUT2D eigenvalue weighted by molar-refractivity contribution is 0.231. The van der Waals surface area contributed by atoms with E-state index in [1.54, 1.807) is 0 Å². The number of hydrogen-bond donors (Lipinski definition) is 1. The standard InChI is InChI=1S/C15H16N4O2S/c1-9-7-11(18-21-9)12-3-2-5-19(12)8-13-16-10-4-6-22-14(10)15(20)17-13/h4,6-7,12H,2-3,5,8H2,1H3,(H,16,17,20). The number of hydrogen-bond acceptors (Lipinski definition) is 6. The van der Waals surface area contributed by atoms with Crippen LogP contribution in [0.5, 0.6) is 0 Å². The van der Waals surface area contributed by atoms with E-state index in [2.05, 4.69) is 20.0 Å². The molecule has 0 amide bonds. The number of rotatable bonds is 3. The number of aryl methyl sites for hydroxylation is 1. The molecule has 6 nitrogen and oxygen atoms in total. The van der Waals surface area contributed by atoms with E-state index in [1.165, 1.54) is 11.3 Å². The predicted octanol–water partition coefficient (Wildman–Crippen LogP) is 2.62. The van der Waals surface area contributed by atoms with Gasteiger partial charge in [-0.2, -0.15) is 0 Å². The topological polar surface area (TPSA) is 75.0 Å². The van der Waals surface area contributed by atoms with E-state index >= 15 is 0 Å². The van der Waals surface area contributed by atoms with Crippen LogP contribution in [0.2, 0.25) is 0 Å². The first-order valence-corrected chi connectivity index (χ1v) is 8.22. The molecular formula is C15H16N4O2S. The zero-order valence-corrected chi connectivity index (χ0v) is 13.0. The number of nitrogens with one attached hydrogen (secondary N) is 1. The van der Waals surface area contributed by atoms with Crippen molar-refractivity contribution in [3.05, 3.63) is 45.1 Å². The van der Waals surface area contributed by atoms with Crippen molar-refractivity contribution in [1.29, 1.82) is 0 Å². The third-order valence-electron chi connectivity index (χ3n) is 4.07. The van der Waals surface area contributed by atoms with Crippen LogP contribution in [0.15, 0.2) is 26.8 Å². The Morgan fingerprint density at radius 1 is 1.55 bits per heavy atom. The third kappa shape index (κ3) is 2.36. The summed E-state index contributed by atoms with van der Waals surface area (Å²) < 4.78 is 5.88. The van der Waals surface area contributed by atoms with Gasteiger partial charge in [0.1, 0.15) is 22.0 Å². The van der Waals surface area contributed by atoms with Gasteiger partial charge >= 0.3 is 0 Å². The molecule has 1 unspecified atom stereocenters. The Morgan fingerprint density at radius 3 is 3.27 bits per heavy atom. The first-order chi connectivity index (χ1) is 10.7. The summed E-state index contributed by atoms with van der Waals surface area (Å²) in [5, 5.41) is 6.04. The van der Waals surface area contributed by atoms with Gasteiger partial charge in [-0.25, -0.2) is 4.98 Å². The fraction of sp³-hybridized carbons (Fsp3) is 0.400. The Kier molecular flexibility index (Phi) is 3.31. The van der Waals surface area contributed by atoms with Crippen molar-refractivity contribution in [2.75, 3.05) is 6.54 Å². The van der Waals surface area contributed by atoms with E-state index in [9.17, 15) is 4.79 Å². The molecule has 3 aromatic rings. The highest BCUT2D eigenvalue weighted by Crippen LogP contribution is 2.32. The van der Waals surface area contributed by atoms with E-state index in [-0.39, 0.29) is 11.6 Å². The van der Waals surface area contributed by atoms with Crippen LogP contribution >= 0.6 is 11.3 Å².